The van der Waals surface area contributed by atoms with Crippen molar-refractivity contribution >= 4 is 17.9 Å². The molecule has 0 aliphatic carbocycles. The lowest BCUT2D eigenvalue weighted by Crippen LogP contribution is -2.31. The molecule has 0 fully saturated rings. The van der Waals surface area contributed by atoms with E-state index in [9.17, 15) is 15.0 Å². The number of carbonyl (C=O) groups is 1. The minimum absolute atomic E-state index is 0.0812. The van der Waals surface area contributed by atoms with Gasteiger partial charge in [0, 0.05) is 6.07 Å². The van der Waals surface area contributed by atoms with Gasteiger partial charge in [0.25, 0.3) is 0 Å². The fraction of sp³-hybridized carbons (Fsp3) is 0.269. The average molecular weight is 421 g/mol. The number of hydrogen-bond donors (Lipinski definition) is 2. The molecule has 0 spiro atoms. The number of benzene rings is 2. The van der Waals surface area contributed by atoms with E-state index >= 15 is 0 Å². The van der Waals surface area contributed by atoms with Crippen LogP contribution in [0.15, 0.2) is 54.1 Å². The Kier molecular flexibility index (Phi) is 6.54. The monoisotopic (exact) mass is 420 g/mol. The fourth-order valence-corrected chi connectivity index (χ4v) is 3.45. The van der Waals surface area contributed by atoms with Gasteiger partial charge in [-0.2, -0.15) is 0 Å². The molecule has 1 atom stereocenters. The first-order valence-corrected chi connectivity index (χ1v) is 10.2. The van der Waals surface area contributed by atoms with Crippen molar-refractivity contribution in [1.82, 2.24) is 0 Å². The van der Waals surface area contributed by atoms with Gasteiger partial charge in [0.1, 0.15) is 34.2 Å². The van der Waals surface area contributed by atoms with Crippen molar-refractivity contribution in [3.63, 3.8) is 0 Å². The van der Waals surface area contributed by atoms with Gasteiger partial charge < -0.3 is 19.7 Å². The summed E-state index contributed by atoms with van der Waals surface area (Å²) in [4.78, 5) is 12.9. The Bertz CT molecular complexity index is 1060. The largest absolute Gasteiger partial charge is 0.508 e. The number of allylic oxidation sites excluding steroid dienone is 3. The van der Waals surface area contributed by atoms with E-state index in [0.717, 1.165) is 18.4 Å². The van der Waals surface area contributed by atoms with Gasteiger partial charge in [-0.15, -0.1) is 0 Å². The van der Waals surface area contributed by atoms with Gasteiger partial charge in [-0.25, -0.2) is 0 Å². The molecule has 3 rings (SSSR count). The van der Waals surface area contributed by atoms with Gasteiger partial charge in [0.15, 0.2) is 5.78 Å². The van der Waals surface area contributed by atoms with Gasteiger partial charge >= 0.3 is 0 Å². The Morgan fingerprint density at radius 3 is 2.55 bits per heavy atom. The maximum Gasteiger partial charge on any atom is 0.193 e. The van der Waals surface area contributed by atoms with Gasteiger partial charge in [-0.1, -0.05) is 29.9 Å². The molecule has 5 heteroatoms. The lowest BCUT2D eigenvalue weighted by Gasteiger charge is -2.32. The van der Waals surface area contributed by atoms with Crippen molar-refractivity contribution in [2.45, 2.75) is 39.2 Å². The van der Waals surface area contributed by atoms with Crippen molar-refractivity contribution in [2.24, 2.45) is 0 Å². The normalized spacial score (nSPS) is 17.2. The molecule has 2 N–H and O–H groups in total. The lowest BCUT2D eigenvalue weighted by atomic mass is 9.92. The Morgan fingerprint density at radius 2 is 1.90 bits per heavy atom. The minimum Gasteiger partial charge on any atom is -0.508 e. The molecule has 0 saturated carbocycles. The highest BCUT2D eigenvalue weighted by Crippen LogP contribution is 2.44. The summed E-state index contributed by atoms with van der Waals surface area (Å²) in [6.07, 6.45) is 10.5. The average Bonchev–Trinajstić information content (AvgIpc) is 2.72. The predicted molar refractivity (Wildman–Crippen MR) is 123 cm³/mol. The summed E-state index contributed by atoms with van der Waals surface area (Å²) in [5.41, 5.74) is 2.03. The van der Waals surface area contributed by atoms with E-state index in [1.807, 2.05) is 13.0 Å². The van der Waals surface area contributed by atoms with Crippen LogP contribution in [0.2, 0.25) is 0 Å². The van der Waals surface area contributed by atoms with Crippen LogP contribution >= 0.6 is 0 Å². The summed E-state index contributed by atoms with van der Waals surface area (Å²) < 4.78 is 11.6. The molecular weight excluding hydrogens is 392 g/mol. The number of hydrogen-bond acceptors (Lipinski definition) is 5. The van der Waals surface area contributed by atoms with Crippen molar-refractivity contribution < 1.29 is 24.5 Å². The number of aromatic hydroxyl groups is 2. The van der Waals surface area contributed by atoms with Crippen LogP contribution in [0.25, 0.3) is 12.2 Å². The first-order chi connectivity index (χ1) is 14.7. The van der Waals surface area contributed by atoms with E-state index in [0.29, 0.717) is 11.3 Å². The highest BCUT2D eigenvalue weighted by atomic mass is 16.5. The maximum atomic E-state index is 12.9. The summed E-state index contributed by atoms with van der Waals surface area (Å²) >= 11 is 0. The molecule has 1 aliphatic rings. The molecule has 1 heterocycles. The zero-order valence-corrected chi connectivity index (χ0v) is 18.3. The Hall–Kier alpha value is -3.47. The predicted octanol–water partition coefficient (Wildman–Crippen LogP) is 5.91. The van der Waals surface area contributed by atoms with E-state index in [4.69, 9.17) is 9.47 Å². The first kappa shape index (κ1) is 22.2. The topological polar surface area (TPSA) is 76.0 Å². The Labute approximate surface area is 183 Å². The number of ether oxygens (including phenoxy) is 2. The second kappa shape index (κ2) is 9.13. The number of phenolic OH excluding ortho intramolecular Hbond substituents is 2. The van der Waals surface area contributed by atoms with Gasteiger partial charge in [-0.3, -0.25) is 4.79 Å². The number of rotatable bonds is 7. The third-order valence-corrected chi connectivity index (χ3v) is 5.19. The highest BCUT2D eigenvalue weighted by Gasteiger charge is 2.31. The Morgan fingerprint density at radius 1 is 1.19 bits per heavy atom. The fourth-order valence-electron chi connectivity index (χ4n) is 3.45. The number of fused-ring (bicyclic) bond motifs is 1. The molecule has 0 bridgehead atoms. The summed E-state index contributed by atoms with van der Waals surface area (Å²) in [5, 5.41) is 20.2. The summed E-state index contributed by atoms with van der Waals surface area (Å²) in [7, 11) is 1.45. The van der Waals surface area contributed by atoms with Crippen LogP contribution < -0.4 is 9.47 Å². The van der Waals surface area contributed by atoms with Gasteiger partial charge in [0.05, 0.1) is 12.7 Å². The third-order valence-electron chi connectivity index (χ3n) is 5.19. The van der Waals surface area contributed by atoms with Crippen LogP contribution in [0.5, 0.6) is 23.0 Å². The smallest absolute Gasteiger partial charge is 0.193 e. The zero-order chi connectivity index (χ0) is 22.6. The van der Waals surface area contributed by atoms with E-state index in [-0.39, 0.29) is 22.8 Å². The summed E-state index contributed by atoms with van der Waals surface area (Å²) in [5.74, 6) is 0.319. The molecule has 2 aromatic carbocycles. The van der Waals surface area contributed by atoms with Crippen LogP contribution in [0.3, 0.4) is 0 Å². The molecule has 0 radical (unpaired) electrons. The first-order valence-electron chi connectivity index (χ1n) is 10.2. The molecule has 1 unspecified atom stereocenters. The highest BCUT2D eigenvalue weighted by molar-refractivity contribution is 6.11. The molecule has 5 nitrogen and oxygen atoms in total. The zero-order valence-electron chi connectivity index (χ0n) is 18.3. The van der Waals surface area contributed by atoms with Crippen LogP contribution in [-0.4, -0.2) is 28.7 Å². The SMILES string of the molecule is COc1cc2c(c(O)c1C(=O)/C=C/c1ccc(O)cc1)C=CC(C)(CCC=C(C)C)O2. The number of methoxy groups -OCH3 is 1. The van der Waals surface area contributed by atoms with E-state index in [2.05, 4.69) is 19.9 Å². The molecular formula is C26H28O5. The number of phenols is 2. The molecule has 0 saturated heterocycles. The van der Waals surface area contributed by atoms with E-state index in [1.54, 1.807) is 30.4 Å². The molecule has 0 aromatic heterocycles. The Balaban J connectivity index is 1.89. The second-order valence-electron chi connectivity index (χ2n) is 8.07. The van der Waals surface area contributed by atoms with Crippen molar-refractivity contribution in [2.75, 3.05) is 7.11 Å². The van der Waals surface area contributed by atoms with E-state index < -0.39 is 11.4 Å². The molecule has 0 amide bonds. The number of carbonyl (C=O) groups excluding carboxylic acids is 1. The third kappa shape index (κ3) is 5.18. The van der Waals surface area contributed by atoms with Crippen molar-refractivity contribution in [3.05, 3.63) is 70.8 Å². The molecule has 162 valence electrons. The number of ketones is 1. The van der Waals surface area contributed by atoms with Gasteiger partial charge in [0.2, 0.25) is 0 Å². The standard InChI is InChI=1S/C26H28O5/c1-17(2)6-5-14-26(3)15-13-20-22(31-26)16-23(30-4)24(25(20)29)21(28)12-9-18-7-10-19(27)11-8-18/h6-13,15-16,27,29H,5,14H2,1-4H3/b12-9+. The van der Waals surface area contributed by atoms with Crippen LogP contribution in [-0.2, 0) is 0 Å². The molecule has 31 heavy (non-hydrogen) atoms. The van der Waals surface area contributed by atoms with Crippen molar-refractivity contribution in [1.29, 1.82) is 0 Å². The van der Waals surface area contributed by atoms with Crippen LogP contribution in [0.4, 0.5) is 0 Å². The summed E-state index contributed by atoms with van der Waals surface area (Å²) in [6, 6.07) is 8.11. The second-order valence-corrected chi connectivity index (χ2v) is 8.07. The molecule has 2 aromatic rings. The van der Waals surface area contributed by atoms with Crippen LogP contribution in [0.1, 0.15) is 55.1 Å². The lowest BCUT2D eigenvalue weighted by molar-refractivity contribution is 0.104. The quantitative estimate of drug-likeness (QED) is 0.331. The van der Waals surface area contributed by atoms with Crippen LogP contribution in [0, 0.1) is 0 Å². The van der Waals surface area contributed by atoms with Gasteiger partial charge in [-0.05, 0) is 69.5 Å². The maximum absolute atomic E-state index is 12.9. The molecule has 1 aliphatic heterocycles. The van der Waals surface area contributed by atoms with Crippen molar-refractivity contribution in [3.8, 4) is 23.0 Å². The van der Waals surface area contributed by atoms with E-state index in [1.165, 1.54) is 30.9 Å². The minimum atomic E-state index is -0.513. The summed E-state index contributed by atoms with van der Waals surface area (Å²) in [6.45, 7) is 6.12.